The molecule has 0 aliphatic heterocycles. The van der Waals surface area contributed by atoms with Crippen LogP contribution < -0.4 is 4.74 Å². The molecule has 7 heteroatoms. The first kappa shape index (κ1) is 22.0. The second-order valence-electron chi connectivity index (χ2n) is 9.05. The number of para-hydroxylation sites is 1. The molecule has 0 saturated heterocycles. The molecule has 0 amide bonds. The van der Waals surface area contributed by atoms with E-state index in [9.17, 15) is 4.39 Å². The molecule has 1 aliphatic rings. The van der Waals surface area contributed by atoms with Crippen molar-refractivity contribution in [3.63, 3.8) is 0 Å². The van der Waals surface area contributed by atoms with E-state index in [1.165, 1.54) is 6.07 Å². The van der Waals surface area contributed by atoms with Gasteiger partial charge in [0, 0.05) is 34.5 Å². The molecule has 1 saturated carbocycles. The SMILES string of the molecule is CC(C)c1noc(C2CCC(Oc3ccnc4c(-c5ccc(C#N)cc5F)cccc34)CC2)n1. The summed E-state index contributed by atoms with van der Waals surface area (Å²) < 4.78 is 26.6. The monoisotopic (exact) mass is 456 g/mol. The molecule has 1 aliphatic carbocycles. The highest BCUT2D eigenvalue weighted by molar-refractivity contribution is 5.97. The zero-order valence-electron chi connectivity index (χ0n) is 19.2. The molecule has 0 N–H and O–H groups in total. The van der Waals surface area contributed by atoms with Crippen molar-refractivity contribution in [2.45, 2.75) is 57.5 Å². The maximum Gasteiger partial charge on any atom is 0.229 e. The van der Waals surface area contributed by atoms with Crippen LogP contribution in [0.2, 0.25) is 0 Å². The highest BCUT2D eigenvalue weighted by atomic mass is 19.1. The lowest BCUT2D eigenvalue weighted by Gasteiger charge is -2.27. The van der Waals surface area contributed by atoms with Crippen molar-refractivity contribution in [3.8, 4) is 22.9 Å². The molecule has 0 spiro atoms. The van der Waals surface area contributed by atoms with Crippen molar-refractivity contribution < 1.29 is 13.7 Å². The predicted octanol–water partition coefficient (Wildman–Crippen LogP) is 6.52. The lowest BCUT2D eigenvalue weighted by Crippen LogP contribution is -2.23. The Hall–Kier alpha value is -3.79. The Kier molecular flexibility index (Phi) is 5.97. The van der Waals surface area contributed by atoms with Crippen LogP contribution in [0.4, 0.5) is 4.39 Å². The number of nitriles is 1. The number of pyridine rings is 1. The number of ether oxygens (including phenoxy) is 1. The van der Waals surface area contributed by atoms with Crippen LogP contribution in [0, 0.1) is 17.1 Å². The van der Waals surface area contributed by atoms with Gasteiger partial charge in [-0.3, -0.25) is 4.98 Å². The van der Waals surface area contributed by atoms with Crippen molar-refractivity contribution in [3.05, 3.63) is 71.8 Å². The van der Waals surface area contributed by atoms with Crippen LogP contribution in [0.3, 0.4) is 0 Å². The first-order valence-electron chi connectivity index (χ1n) is 11.6. The van der Waals surface area contributed by atoms with Gasteiger partial charge in [-0.1, -0.05) is 37.2 Å². The second-order valence-corrected chi connectivity index (χ2v) is 9.05. The van der Waals surface area contributed by atoms with E-state index in [0.717, 1.165) is 48.5 Å². The molecule has 172 valence electrons. The highest BCUT2D eigenvalue weighted by Gasteiger charge is 2.28. The summed E-state index contributed by atoms with van der Waals surface area (Å²) in [5.74, 6) is 2.29. The van der Waals surface area contributed by atoms with E-state index >= 15 is 0 Å². The molecular weight excluding hydrogens is 431 g/mol. The Morgan fingerprint density at radius 1 is 1.09 bits per heavy atom. The minimum absolute atomic E-state index is 0.0737. The van der Waals surface area contributed by atoms with Gasteiger partial charge < -0.3 is 9.26 Å². The minimum atomic E-state index is -0.445. The zero-order chi connectivity index (χ0) is 23.7. The zero-order valence-corrected chi connectivity index (χ0v) is 19.2. The number of aromatic nitrogens is 3. The lowest BCUT2D eigenvalue weighted by molar-refractivity contribution is 0.141. The summed E-state index contributed by atoms with van der Waals surface area (Å²) in [5, 5.41) is 14.0. The van der Waals surface area contributed by atoms with Crippen molar-refractivity contribution >= 4 is 10.9 Å². The van der Waals surface area contributed by atoms with Gasteiger partial charge >= 0.3 is 0 Å². The molecule has 0 radical (unpaired) electrons. The van der Waals surface area contributed by atoms with E-state index in [1.54, 1.807) is 18.3 Å². The molecule has 2 heterocycles. The van der Waals surface area contributed by atoms with Crippen LogP contribution in [0.25, 0.3) is 22.0 Å². The van der Waals surface area contributed by atoms with Crippen LogP contribution in [-0.4, -0.2) is 21.2 Å². The summed E-state index contributed by atoms with van der Waals surface area (Å²) in [5.41, 5.74) is 2.04. The maximum atomic E-state index is 14.7. The fourth-order valence-electron chi connectivity index (χ4n) is 4.53. The van der Waals surface area contributed by atoms with E-state index in [4.69, 9.17) is 14.5 Å². The first-order valence-corrected chi connectivity index (χ1v) is 11.6. The molecule has 0 bridgehead atoms. The molecule has 34 heavy (non-hydrogen) atoms. The third-order valence-corrected chi connectivity index (χ3v) is 6.41. The van der Waals surface area contributed by atoms with Gasteiger partial charge in [-0.2, -0.15) is 10.2 Å². The number of hydrogen-bond acceptors (Lipinski definition) is 6. The van der Waals surface area contributed by atoms with Gasteiger partial charge in [0.2, 0.25) is 5.89 Å². The normalized spacial score (nSPS) is 18.2. The quantitative estimate of drug-likeness (QED) is 0.340. The van der Waals surface area contributed by atoms with E-state index in [0.29, 0.717) is 16.6 Å². The summed E-state index contributed by atoms with van der Waals surface area (Å²) in [6.45, 7) is 4.11. The van der Waals surface area contributed by atoms with Crippen molar-refractivity contribution in [2.24, 2.45) is 0 Å². The third-order valence-electron chi connectivity index (χ3n) is 6.41. The number of hydrogen-bond donors (Lipinski definition) is 0. The van der Waals surface area contributed by atoms with Crippen LogP contribution in [-0.2, 0) is 0 Å². The summed E-state index contributed by atoms with van der Waals surface area (Å²) >= 11 is 0. The van der Waals surface area contributed by atoms with Gasteiger partial charge in [-0.05, 0) is 49.9 Å². The molecule has 0 atom stereocenters. The van der Waals surface area contributed by atoms with Crippen LogP contribution >= 0.6 is 0 Å². The Bertz CT molecular complexity index is 1370. The largest absolute Gasteiger partial charge is 0.490 e. The molecular formula is C27H25FN4O2. The van der Waals surface area contributed by atoms with Gasteiger partial charge in [0.25, 0.3) is 0 Å². The van der Waals surface area contributed by atoms with Crippen molar-refractivity contribution in [2.75, 3.05) is 0 Å². The van der Waals surface area contributed by atoms with Gasteiger partial charge in [0.05, 0.1) is 23.3 Å². The number of nitrogens with zero attached hydrogens (tertiary/aromatic N) is 4. The van der Waals surface area contributed by atoms with Gasteiger partial charge in [-0.25, -0.2) is 4.39 Å². The van der Waals surface area contributed by atoms with Gasteiger partial charge in [0.15, 0.2) is 5.82 Å². The van der Waals surface area contributed by atoms with E-state index < -0.39 is 5.82 Å². The average molecular weight is 457 g/mol. The predicted molar refractivity (Wildman–Crippen MR) is 126 cm³/mol. The fourth-order valence-corrected chi connectivity index (χ4v) is 4.53. The highest BCUT2D eigenvalue weighted by Crippen LogP contribution is 2.37. The Morgan fingerprint density at radius 2 is 1.91 bits per heavy atom. The number of rotatable bonds is 5. The van der Waals surface area contributed by atoms with E-state index in [2.05, 4.69) is 29.0 Å². The minimum Gasteiger partial charge on any atom is -0.490 e. The van der Waals surface area contributed by atoms with Crippen molar-refractivity contribution in [1.82, 2.24) is 15.1 Å². The Balaban J connectivity index is 1.35. The average Bonchev–Trinajstić information content (AvgIpc) is 3.35. The molecule has 0 unspecified atom stereocenters. The molecule has 1 fully saturated rings. The first-order chi connectivity index (χ1) is 16.5. The topological polar surface area (TPSA) is 84.8 Å². The lowest BCUT2D eigenvalue weighted by atomic mass is 9.87. The van der Waals surface area contributed by atoms with Crippen LogP contribution in [0.5, 0.6) is 5.75 Å². The number of fused-ring (bicyclic) bond motifs is 1. The van der Waals surface area contributed by atoms with Crippen LogP contribution in [0.1, 0.15) is 68.6 Å². The Morgan fingerprint density at radius 3 is 2.62 bits per heavy atom. The van der Waals surface area contributed by atoms with E-state index in [1.807, 2.05) is 30.3 Å². The van der Waals surface area contributed by atoms with Crippen LogP contribution in [0.15, 0.2) is 53.2 Å². The third kappa shape index (κ3) is 4.24. The molecule has 4 aromatic rings. The Labute approximate surface area is 197 Å². The summed E-state index contributed by atoms with van der Waals surface area (Å²) in [6.07, 6.45) is 5.39. The standard InChI is InChI=1S/C27H25FN4O2/c1-16(2)26-31-27(34-32-26)18-7-9-19(10-8-18)33-24-12-13-30-25-21(4-3-5-22(24)25)20-11-6-17(15-29)14-23(20)28/h3-6,11-14,16,18-19H,7-10H2,1-2H3. The summed E-state index contributed by atoms with van der Waals surface area (Å²) in [4.78, 5) is 9.09. The maximum absolute atomic E-state index is 14.7. The molecule has 2 aromatic carbocycles. The molecule has 6 nitrogen and oxygen atoms in total. The summed E-state index contributed by atoms with van der Waals surface area (Å²) in [7, 11) is 0. The van der Waals surface area contributed by atoms with E-state index in [-0.39, 0.29) is 23.5 Å². The number of halogens is 1. The smallest absolute Gasteiger partial charge is 0.229 e. The van der Waals surface area contributed by atoms with Gasteiger partial charge in [-0.15, -0.1) is 0 Å². The second kappa shape index (κ2) is 9.22. The number of benzene rings is 2. The van der Waals surface area contributed by atoms with Gasteiger partial charge in [0.1, 0.15) is 11.6 Å². The summed E-state index contributed by atoms with van der Waals surface area (Å²) in [6, 6.07) is 14.0. The fraction of sp³-hybridized carbons (Fsp3) is 0.333. The molecule has 5 rings (SSSR count). The van der Waals surface area contributed by atoms with Crippen molar-refractivity contribution in [1.29, 1.82) is 5.26 Å². The molecule has 2 aromatic heterocycles.